The molecule has 1 N–H and O–H groups in total. The molecule has 174 valence electrons. The number of imidazole rings is 1. The molecule has 13 heteroatoms. The van der Waals surface area contributed by atoms with E-state index in [1.807, 2.05) is 0 Å². The van der Waals surface area contributed by atoms with Crippen LogP contribution in [-0.2, 0) is 28.9 Å². The maximum absolute atomic E-state index is 13.0. The standard InChI is InChI=1S/C19H19F6N5O2/c1-11(28(2)8-15-26-5-6-29(15)10-18(20,21)22)17(32)30-9-16(31)27-13-7-12(19(23,24)25)3-4-14(13)30/h3-7,11H,8-10H2,1-2H3,(H,27,31). The largest absolute Gasteiger partial charge is 0.416 e. The van der Waals surface area contributed by atoms with Gasteiger partial charge in [0, 0.05) is 12.4 Å². The van der Waals surface area contributed by atoms with Crippen LogP contribution < -0.4 is 10.2 Å². The van der Waals surface area contributed by atoms with Gasteiger partial charge in [0.1, 0.15) is 18.9 Å². The third-order valence-corrected chi connectivity index (χ3v) is 5.02. The second kappa shape index (κ2) is 8.45. The first kappa shape index (κ1) is 23.6. The van der Waals surface area contributed by atoms with E-state index in [0.717, 1.165) is 27.7 Å². The number of nitrogens with zero attached hydrogens (tertiary/aromatic N) is 4. The molecule has 7 nitrogen and oxygen atoms in total. The first-order valence-electron chi connectivity index (χ1n) is 9.36. The van der Waals surface area contributed by atoms with Crippen LogP contribution in [0.25, 0.3) is 0 Å². The molecule has 1 aliphatic heterocycles. The lowest BCUT2D eigenvalue weighted by atomic mass is 10.1. The summed E-state index contributed by atoms with van der Waals surface area (Å²) in [6, 6.07) is 1.73. The first-order valence-corrected chi connectivity index (χ1v) is 9.36. The Hall–Kier alpha value is -3.09. The average Bonchev–Trinajstić information content (AvgIpc) is 3.09. The van der Waals surface area contributed by atoms with Crippen molar-refractivity contribution in [1.29, 1.82) is 0 Å². The topological polar surface area (TPSA) is 70.5 Å². The Labute approximate surface area is 178 Å². The summed E-state index contributed by atoms with van der Waals surface area (Å²) in [5.74, 6) is -1.19. The van der Waals surface area contributed by atoms with E-state index in [0.29, 0.717) is 0 Å². The number of carbonyl (C=O) groups is 2. The van der Waals surface area contributed by atoms with Crippen LogP contribution in [0.1, 0.15) is 18.3 Å². The summed E-state index contributed by atoms with van der Waals surface area (Å²) in [6.07, 6.45) is -6.69. The number of hydrogen-bond donors (Lipinski definition) is 1. The van der Waals surface area contributed by atoms with Gasteiger partial charge >= 0.3 is 12.4 Å². The van der Waals surface area contributed by atoms with Crippen LogP contribution in [0, 0.1) is 0 Å². The molecule has 32 heavy (non-hydrogen) atoms. The second-order valence-corrected chi connectivity index (χ2v) is 7.38. The molecule has 0 spiro atoms. The molecule has 2 amide bonds. The minimum absolute atomic E-state index is 0.0797. The van der Waals surface area contributed by atoms with Gasteiger partial charge in [-0.1, -0.05) is 0 Å². The van der Waals surface area contributed by atoms with Gasteiger partial charge in [0.2, 0.25) is 11.8 Å². The smallest absolute Gasteiger partial charge is 0.325 e. The number of benzene rings is 1. The Morgan fingerprint density at radius 2 is 1.94 bits per heavy atom. The predicted molar refractivity (Wildman–Crippen MR) is 102 cm³/mol. The number of hydrogen-bond acceptors (Lipinski definition) is 4. The fraction of sp³-hybridized carbons (Fsp3) is 0.421. The Bertz CT molecular complexity index is 1020. The second-order valence-electron chi connectivity index (χ2n) is 7.38. The molecule has 0 saturated heterocycles. The lowest BCUT2D eigenvalue weighted by Crippen LogP contribution is -2.50. The maximum Gasteiger partial charge on any atom is 0.416 e. The summed E-state index contributed by atoms with van der Waals surface area (Å²) in [6.45, 7) is -0.261. The molecular weight excluding hydrogens is 444 g/mol. The zero-order valence-corrected chi connectivity index (χ0v) is 17.0. The molecule has 1 atom stereocenters. The molecule has 1 aliphatic rings. The normalized spacial score (nSPS) is 15.5. The van der Waals surface area contributed by atoms with Gasteiger partial charge in [-0.25, -0.2) is 4.98 Å². The number of anilines is 2. The summed E-state index contributed by atoms with van der Waals surface area (Å²) in [5.41, 5.74) is -1.03. The SMILES string of the molecule is CC(C(=O)N1CC(=O)Nc2cc(C(F)(F)F)ccc21)N(C)Cc1nccn1CC(F)(F)F. The number of alkyl halides is 6. The molecule has 0 saturated carbocycles. The molecule has 0 bridgehead atoms. The van der Waals surface area contributed by atoms with Gasteiger partial charge in [-0.05, 0) is 32.2 Å². The maximum atomic E-state index is 13.0. The van der Waals surface area contributed by atoms with Gasteiger partial charge < -0.3 is 9.88 Å². The molecule has 0 aliphatic carbocycles. The van der Waals surface area contributed by atoms with Crippen molar-refractivity contribution in [2.75, 3.05) is 23.8 Å². The van der Waals surface area contributed by atoms with E-state index in [1.54, 1.807) is 0 Å². The molecule has 0 fully saturated rings. The number of fused-ring (bicyclic) bond motifs is 1. The number of rotatable bonds is 5. The van der Waals surface area contributed by atoms with Crippen molar-refractivity contribution in [3.63, 3.8) is 0 Å². The van der Waals surface area contributed by atoms with Crippen LogP contribution in [0.5, 0.6) is 0 Å². The molecule has 1 aromatic carbocycles. The quantitative estimate of drug-likeness (QED) is 0.692. The lowest BCUT2D eigenvalue weighted by Gasteiger charge is -2.34. The molecule has 1 aromatic heterocycles. The highest BCUT2D eigenvalue weighted by atomic mass is 19.4. The summed E-state index contributed by atoms with van der Waals surface area (Å²) in [5, 5.41) is 2.32. The van der Waals surface area contributed by atoms with Crippen LogP contribution in [0.4, 0.5) is 37.7 Å². The molecule has 3 rings (SSSR count). The van der Waals surface area contributed by atoms with Crippen molar-refractivity contribution >= 4 is 23.2 Å². The van der Waals surface area contributed by atoms with Crippen LogP contribution >= 0.6 is 0 Å². The summed E-state index contributed by atoms with van der Waals surface area (Å²) >= 11 is 0. The highest BCUT2D eigenvalue weighted by Crippen LogP contribution is 2.37. The van der Waals surface area contributed by atoms with Crippen LogP contribution in [0.15, 0.2) is 30.6 Å². The van der Waals surface area contributed by atoms with Gasteiger partial charge in [0.05, 0.1) is 29.5 Å². The summed E-state index contributed by atoms with van der Waals surface area (Å²) in [4.78, 5) is 31.4. The van der Waals surface area contributed by atoms with E-state index in [1.165, 1.54) is 31.3 Å². The van der Waals surface area contributed by atoms with Gasteiger partial charge in [0.25, 0.3) is 0 Å². The number of amides is 2. The average molecular weight is 463 g/mol. The Kier molecular flexibility index (Phi) is 6.22. The number of likely N-dealkylation sites (N-methyl/N-ethyl adjacent to an activating group) is 1. The fourth-order valence-electron chi connectivity index (χ4n) is 3.27. The third kappa shape index (κ3) is 5.21. The molecule has 1 unspecified atom stereocenters. The highest BCUT2D eigenvalue weighted by molar-refractivity contribution is 6.11. The van der Waals surface area contributed by atoms with Gasteiger partial charge in [0.15, 0.2) is 0 Å². The molecule has 0 radical (unpaired) electrons. The number of carbonyl (C=O) groups excluding carboxylic acids is 2. The van der Waals surface area contributed by atoms with Crippen molar-refractivity contribution in [1.82, 2.24) is 14.5 Å². The Morgan fingerprint density at radius 3 is 2.56 bits per heavy atom. The van der Waals surface area contributed by atoms with Crippen molar-refractivity contribution in [2.45, 2.75) is 38.4 Å². The van der Waals surface area contributed by atoms with Crippen LogP contribution in [-0.4, -0.2) is 52.1 Å². The zero-order chi connectivity index (χ0) is 23.8. The van der Waals surface area contributed by atoms with Crippen LogP contribution in [0.2, 0.25) is 0 Å². The van der Waals surface area contributed by atoms with Crippen molar-refractivity contribution < 1.29 is 35.9 Å². The van der Waals surface area contributed by atoms with Gasteiger partial charge in [-0.15, -0.1) is 0 Å². The first-order chi connectivity index (χ1) is 14.8. The van der Waals surface area contributed by atoms with E-state index >= 15 is 0 Å². The molecular formula is C19H19F6N5O2. The van der Waals surface area contributed by atoms with Crippen molar-refractivity contribution in [3.8, 4) is 0 Å². The molecule has 2 aromatic rings. The van der Waals surface area contributed by atoms with Crippen LogP contribution in [0.3, 0.4) is 0 Å². The Morgan fingerprint density at radius 1 is 1.25 bits per heavy atom. The van der Waals surface area contributed by atoms with E-state index in [4.69, 9.17) is 0 Å². The van der Waals surface area contributed by atoms with Crippen molar-refractivity contribution in [3.05, 3.63) is 42.0 Å². The van der Waals surface area contributed by atoms with E-state index in [-0.39, 0.29) is 23.7 Å². The number of nitrogens with one attached hydrogen (secondary N) is 1. The minimum Gasteiger partial charge on any atom is -0.325 e. The minimum atomic E-state index is -4.63. The van der Waals surface area contributed by atoms with E-state index < -0.39 is 48.9 Å². The van der Waals surface area contributed by atoms with E-state index in [9.17, 15) is 35.9 Å². The monoisotopic (exact) mass is 463 g/mol. The fourth-order valence-corrected chi connectivity index (χ4v) is 3.27. The Balaban J connectivity index is 1.79. The summed E-state index contributed by atoms with van der Waals surface area (Å²) in [7, 11) is 1.49. The molecule has 2 heterocycles. The van der Waals surface area contributed by atoms with Crippen molar-refractivity contribution in [2.24, 2.45) is 0 Å². The van der Waals surface area contributed by atoms with E-state index in [2.05, 4.69) is 10.3 Å². The zero-order valence-electron chi connectivity index (χ0n) is 17.0. The van der Waals surface area contributed by atoms with Gasteiger partial charge in [-0.3, -0.25) is 19.4 Å². The summed E-state index contributed by atoms with van der Waals surface area (Å²) < 4.78 is 78.0. The third-order valence-electron chi connectivity index (χ3n) is 5.02. The predicted octanol–water partition coefficient (Wildman–Crippen LogP) is 3.27. The highest BCUT2D eigenvalue weighted by Gasteiger charge is 2.36. The van der Waals surface area contributed by atoms with Gasteiger partial charge in [-0.2, -0.15) is 26.3 Å². The number of aromatic nitrogens is 2. The number of halogens is 6. The lowest BCUT2D eigenvalue weighted by molar-refractivity contribution is -0.141.